The number of aryl methyl sites for hydroxylation is 2. The van der Waals surface area contributed by atoms with Crippen molar-refractivity contribution in [1.82, 2.24) is 19.3 Å². The van der Waals surface area contributed by atoms with Crippen LogP contribution in [0.4, 0.5) is 13.2 Å². The SMILES string of the molecule is CCCn1c(SCC(=O)c2cc(C)n(CC(F)(F)F)c2C)nnc1-c1cccc(C)c1. The second-order valence-corrected chi connectivity index (χ2v) is 8.47. The number of thioether (sulfide) groups is 1. The Bertz CT molecular complexity index is 1090. The van der Waals surface area contributed by atoms with Gasteiger partial charge in [-0.15, -0.1) is 10.2 Å². The van der Waals surface area contributed by atoms with Crippen LogP contribution in [0.1, 0.15) is 40.7 Å². The zero-order chi connectivity index (χ0) is 22.8. The molecule has 0 saturated heterocycles. The van der Waals surface area contributed by atoms with Crippen LogP contribution in [0.25, 0.3) is 11.4 Å². The largest absolute Gasteiger partial charge is 0.406 e. The number of ketones is 1. The van der Waals surface area contributed by atoms with E-state index in [1.165, 1.54) is 17.8 Å². The Morgan fingerprint density at radius 2 is 1.84 bits per heavy atom. The lowest BCUT2D eigenvalue weighted by molar-refractivity contribution is -0.141. The van der Waals surface area contributed by atoms with Crippen LogP contribution < -0.4 is 0 Å². The molecule has 0 atom stereocenters. The predicted octanol–water partition coefficient (Wildman–Crippen LogP) is 5.62. The Labute approximate surface area is 183 Å². The fraction of sp³-hybridized carbons (Fsp3) is 0.409. The molecule has 0 aliphatic carbocycles. The fourth-order valence-electron chi connectivity index (χ4n) is 3.53. The van der Waals surface area contributed by atoms with E-state index >= 15 is 0 Å². The zero-order valence-electron chi connectivity index (χ0n) is 18.0. The van der Waals surface area contributed by atoms with E-state index in [4.69, 9.17) is 0 Å². The minimum atomic E-state index is -4.34. The molecule has 1 aromatic carbocycles. The first-order valence-corrected chi connectivity index (χ1v) is 11.0. The molecule has 166 valence electrons. The van der Waals surface area contributed by atoms with Gasteiger partial charge >= 0.3 is 6.18 Å². The summed E-state index contributed by atoms with van der Waals surface area (Å²) < 4.78 is 41.6. The van der Waals surface area contributed by atoms with Crippen LogP contribution in [0.15, 0.2) is 35.5 Å². The Kier molecular flexibility index (Phi) is 6.93. The molecular formula is C22H25F3N4OS. The van der Waals surface area contributed by atoms with Crippen molar-refractivity contribution in [1.29, 1.82) is 0 Å². The van der Waals surface area contributed by atoms with Gasteiger partial charge in [-0.1, -0.05) is 42.4 Å². The average Bonchev–Trinajstić information content (AvgIpc) is 3.21. The second kappa shape index (κ2) is 9.30. The molecule has 0 unspecified atom stereocenters. The summed E-state index contributed by atoms with van der Waals surface area (Å²) in [5.41, 5.74) is 3.13. The normalized spacial score (nSPS) is 11.8. The molecule has 3 rings (SSSR count). The van der Waals surface area contributed by atoms with Crippen molar-refractivity contribution < 1.29 is 18.0 Å². The van der Waals surface area contributed by atoms with Crippen molar-refractivity contribution >= 4 is 17.5 Å². The summed E-state index contributed by atoms with van der Waals surface area (Å²) in [6.45, 7) is 6.78. The molecule has 31 heavy (non-hydrogen) atoms. The lowest BCUT2D eigenvalue weighted by Crippen LogP contribution is -2.19. The summed E-state index contributed by atoms with van der Waals surface area (Å²) in [7, 11) is 0. The van der Waals surface area contributed by atoms with Gasteiger partial charge in [0.05, 0.1) is 5.75 Å². The molecule has 3 aromatic rings. The molecule has 0 bridgehead atoms. The first-order valence-electron chi connectivity index (χ1n) is 10.0. The van der Waals surface area contributed by atoms with Gasteiger partial charge in [0.15, 0.2) is 16.8 Å². The third-order valence-corrected chi connectivity index (χ3v) is 5.95. The third-order valence-electron chi connectivity index (χ3n) is 4.98. The van der Waals surface area contributed by atoms with Gasteiger partial charge in [-0.25, -0.2) is 0 Å². The van der Waals surface area contributed by atoms with Gasteiger partial charge in [0.2, 0.25) is 0 Å². The van der Waals surface area contributed by atoms with Crippen LogP contribution in [0.2, 0.25) is 0 Å². The number of rotatable bonds is 8. The van der Waals surface area contributed by atoms with Crippen molar-refractivity contribution in [3.8, 4) is 11.4 Å². The van der Waals surface area contributed by atoms with E-state index in [1.54, 1.807) is 13.8 Å². The minimum Gasteiger partial charge on any atom is -0.339 e. The number of carbonyl (C=O) groups is 1. The Hall–Kier alpha value is -2.55. The van der Waals surface area contributed by atoms with Crippen molar-refractivity contribution in [3.05, 3.63) is 52.8 Å². The van der Waals surface area contributed by atoms with Crippen LogP contribution in [0, 0.1) is 20.8 Å². The van der Waals surface area contributed by atoms with E-state index < -0.39 is 12.7 Å². The number of aromatic nitrogens is 4. The molecule has 0 aliphatic heterocycles. The first-order chi connectivity index (χ1) is 14.6. The average molecular weight is 451 g/mol. The highest BCUT2D eigenvalue weighted by molar-refractivity contribution is 7.99. The second-order valence-electron chi connectivity index (χ2n) is 7.53. The predicted molar refractivity (Wildman–Crippen MR) is 116 cm³/mol. The zero-order valence-corrected chi connectivity index (χ0v) is 18.8. The van der Waals surface area contributed by atoms with Gasteiger partial charge in [0, 0.05) is 29.1 Å². The van der Waals surface area contributed by atoms with Gasteiger partial charge in [-0.2, -0.15) is 13.2 Å². The topological polar surface area (TPSA) is 52.7 Å². The molecule has 2 heterocycles. The maximum atomic E-state index is 12.8. The third kappa shape index (κ3) is 5.39. The van der Waals surface area contributed by atoms with E-state index in [0.717, 1.165) is 27.9 Å². The monoisotopic (exact) mass is 450 g/mol. The molecule has 5 nitrogen and oxygen atoms in total. The lowest BCUT2D eigenvalue weighted by atomic mass is 10.1. The Balaban J connectivity index is 1.80. The number of hydrogen-bond donors (Lipinski definition) is 0. The number of benzene rings is 1. The summed E-state index contributed by atoms with van der Waals surface area (Å²) in [6, 6.07) is 9.50. The summed E-state index contributed by atoms with van der Waals surface area (Å²) in [4.78, 5) is 12.8. The highest BCUT2D eigenvalue weighted by Crippen LogP contribution is 2.27. The van der Waals surface area contributed by atoms with E-state index in [1.807, 2.05) is 35.8 Å². The van der Waals surface area contributed by atoms with E-state index in [-0.39, 0.29) is 11.5 Å². The van der Waals surface area contributed by atoms with Crippen molar-refractivity contribution in [2.75, 3.05) is 5.75 Å². The van der Waals surface area contributed by atoms with Gasteiger partial charge in [0.25, 0.3) is 0 Å². The van der Waals surface area contributed by atoms with E-state index in [0.29, 0.717) is 28.7 Å². The Morgan fingerprint density at radius 1 is 1.10 bits per heavy atom. The van der Waals surface area contributed by atoms with Crippen LogP contribution in [-0.2, 0) is 13.1 Å². The smallest absolute Gasteiger partial charge is 0.339 e. The van der Waals surface area contributed by atoms with E-state index in [9.17, 15) is 18.0 Å². The minimum absolute atomic E-state index is 0.0754. The highest BCUT2D eigenvalue weighted by Gasteiger charge is 2.30. The molecule has 0 saturated carbocycles. The molecule has 9 heteroatoms. The number of nitrogens with zero attached hydrogens (tertiary/aromatic N) is 4. The van der Waals surface area contributed by atoms with Gasteiger partial charge < -0.3 is 9.13 Å². The highest BCUT2D eigenvalue weighted by atomic mass is 32.2. The number of hydrogen-bond acceptors (Lipinski definition) is 4. The molecule has 0 spiro atoms. The molecule has 0 radical (unpaired) electrons. The number of halogens is 3. The molecule has 0 N–H and O–H groups in total. The molecule has 2 aromatic heterocycles. The van der Waals surface area contributed by atoms with Gasteiger partial charge in [-0.05, 0) is 39.3 Å². The van der Waals surface area contributed by atoms with Crippen LogP contribution >= 0.6 is 11.8 Å². The van der Waals surface area contributed by atoms with Crippen molar-refractivity contribution in [2.45, 2.75) is 58.5 Å². The fourth-order valence-corrected chi connectivity index (χ4v) is 4.38. The van der Waals surface area contributed by atoms with Gasteiger partial charge in [0.1, 0.15) is 6.54 Å². The first kappa shape index (κ1) is 23.1. The molecule has 0 aliphatic rings. The molecule has 0 amide bonds. The summed E-state index contributed by atoms with van der Waals surface area (Å²) in [5, 5.41) is 9.22. The van der Waals surface area contributed by atoms with Crippen LogP contribution in [-0.4, -0.2) is 37.0 Å². The number of alkyl halides is 3. The summed E-state index contributed by atoms with van der Waals surface area (Å²) >= 11 is 1.25. The maximum absolute atomic E-state index is 12.8. The number of Topliss-reactive ketones (excluding diaryl/α,β-unsaturated/α-hetero) is 1. The summed E-state index contributed by atoms with van der Waals surface area (Å²) in [5.74, 6) is 0.588. The Morgan fingerprint density at radius 3 is 2.48 bits per heavy atom. The standard InChI is InChI=1S/C22H25F3N4OS/c1-5-9-28-20(17-8-6-7-14(2)10-17)26-27-21(28)31-12-19(30)18-11-15(3)29(16(18)4)13-22(23,24)25/h6-8,10-11H,5,9,12-13H2,1-4H3. The lowest BCUT2D eigenvalue weighted by Gasteiger charge is -2.12. The molecule has 0 fully saturated rings. The van der Waals surface area contributed by atoms with Gasteiger partial charge in [-0.3, -0.25) is 4.79 Å². The summed E-state index contributed by atoms with van der Waals surface area (Å²) in [6.07, 6.45) is -3.47. The maximum Gasteiger partial charge on any atom is 0.406 e. The van der Waals surface area contributed by atoms with Crippen LogP contribution in [0.5, 0.6) is 0 Å². The van der Waals surface area contributed by atoms with E-state index in [2.05, 4.69) is 17.1 Å². The molecular weight excluding hydrogens is 425 g/mol. The van der Waals surface area contributed by atoms with Crippen LogP contribution in [0.3, 0.4) is 0 Å². The number of carbonyl (C=O) groups excluding carboxylic acids is 1. The van der Waals surface area contributed by atoms with Crippen molar-refractivity contribution in [2.24, 2.45) is 0 Å². The quantitative estimate of drug-likeness (QED) is 0.330. The van der Waals surface area contributed by atoms with Crippen molar-refractivity contribution in [3.63, 3.8) is 0 Å².